The average Bonchev–Trinajstić information content (AvgIpc) is 2.69. The lowest BCUT2D eigenvalue weighted by Crippen LogP contribution is -1.98. The van der Waals surface area contributed by atoms with E-state index in [1.165, 1.54) is 0 Å². The summed E-state index contributed by atoms with van der Waals surface area (Å²) in [6, 6.07) is 9.81. The summed E-state index contributed by atoms with van der Waals surface area (Å²) in [6.45, 7) is 4.33. The smallest absolute Gasteiger partial charge is 0.343 e. The molecule has 0 fully saturated rings. The van der Waals surface area contributed by atoms with Crippen LogP contribution in [0.15, 0.2) is 47.7 Å². The summed E-state index contributed by atoms with van der Waals surface area (Å²) in [7, 11) is 0. The van der Waals surface area contributed by atoms with Crippen molar-refractivity contribution in [2.45, 2.75) is 26.7 Å². The van der Waals surface area contributed by atoms with E-state index in [2.05, 4.69) is 13.8 Å². The monoisotopic (exact) mass is 242 g/mol. The van der Waals surface area contributed by atoms with Crippen LogP contribution < -0.4 is 0 Å². The van der Waals surface area contributed by atoms with Crippen LogP contribution in [0.1, 0.15) is 32.3 Å². The van der Waals surface area contributed by atoms with E-state index in [1.807, 2.05) is 42.5 Å². The Morgan fingerprint density at radius 1 is 1.22 bits per heavy atom. The summed E-state index contributed by atoms with van der Waals surface area (Å²) in [5, 5.41) is 0. The Morgan fingerprint density at radius 3 is 2.61 bits per heavy atom. The van der Waals surface area contributed by atoms with E-state index in [0.29, 0.717) is 11.5 Å². The second-order valence-corrected chi connectivity index (χ2v) is 4.94. The van der Waals surface area contributed by atoms with Crippen molar-refractivity contribution >= 4 is 12.0 Å². The zero-order chi connectivity index (χ0) is 13.0. The molecule has 0 unspecified atom stereocenters. The van der Waals surface area contributed by atoms with Crippen LogP contribution in [0.3, 0.4) is 0 Å². The van der Waals surface area contributed by atoms with Crippen LogP contribution in [0.2, 0.25) is 0 Å². The van der Waals surface area contributed by atoms with E-state index in [-0.39, 0.29) is 5.97 Å². The summed E-state index contributed by atoms with van der Waals surface area (Å²) in [5.41, 5.74) is 1.66. The van der Waals surface area contributed by atoms with Gasteiger partial charge in [-0.1, -0.05) is 44.2 Å². The molecular weight excluding hydrogens is 224 g/mol. The largest absolute Gasteiger partial charge is 0.427 e. The lowest BCUT2D eigenvalue weighted by molar-refractivity contribution is -0.133. The number of hydrogen-bond donors (Lipinski definition) is 0. The maximum absolute atomic E-state index is 11.7. The number of rotatable bonds is 4. The highest BCUT2D eigenvalue weighted by molar-refractivity contribution is 5.99. The third-order valence-electron chi connectivity index (χ3n) is 2.87. The zero-order valence-electron chi connectivity index (χ0n) is 10.8. The molecule has 0 spiro atoms. The third-order valence-corrected chi connectivity index (χ3v) is 2.87. The molecule has 0 atom stereocenters. The van der Waals surface area contributed by atoms with Crippen LogP contribution in [0, 0.1) is 5.92 Å². The first-order valence-electron chi connectivity index (χ1n) is 6.34. The number of benzene rings is 1. The van der Waals surface area contributed by atoms with Gasteiger partial charge in [-0.25, -0.2) is 4.79 Å². The SMILES string of the molecule is CC(C)CCC1=C/C(=C\c2ccccc2)C(=O)O1. The summed E-state index contributed by atoms with van der Waals surface area (Å²) in [4.78, 5) is 11.7. The Hall–Kier alpha value is -1.83. The second-order valence-electron chi connectivity index (χ2n) is 4.94. The highest BCUT2D eigenvalue weighted by atomic mass is 16.5. The van der Waals surface area contributed by atoms with E-state index >= 15 is 0 Å². The van der Waals surface area contributed by atoms with Gasteiger partial charge in [-0.3, -0.25) is 0 Å². The molecule has 1 aliphatic heterocycles. The van der Waals surface area contributed by atoms with E-state index < -0.39 is 0 Å². The maximum Gasteiger partial charge on any atom is 0.343 e. The molecule has 94 valence electrons. The molecule has 1 aromatic carbocycles. The van der Waals surface area contributed by atoms with Gasteiger partial charge < -0.3 is 4.74 Å². The van der Waals surface area contributed by atoms with Gasteiger partial charge in [0.05, 0.1) is 5.57 Å². The van der Waals surface area contributed by atoms with Crippen molar-refractivity contribution in [3.8, 4) is 0 Å². The van der Waals surface area contributed by atoms with Gasteiger partial charge in [-0.15, -0.1) is 0 Å². The molecule has 2 rings (SSSR count). The Morgan fingerprint density at radius 2 is 1.94 bits per heavy atom. The number of carbonyl (C=O) groups is 1. The zero-order valence-corrected chi connectivity index (χ0v) is 10.8. The molecule has 0 saturated heterocycles. The highest BCUT2D eigenvalue weighted by Gasteiger charge is 2.20. The van der Waals surface area contributed by atoms with E-state index in [0.717, 1.165) is 24.2 Å². The molecule has 0 N–H and O–H groups in total. The summed E-state index contributed by atoms with van der Waals surface area (Å²) in [5.74, 6) is 1.17. The molecule has 0 aliphatic carbocycles. The molecule has 2 heteroatoms. The van der Waals surface area contributed by atoms with Crippen molar-refractivity contribution < 1.29 is 9.53 Å². The number of esters is 1. The quantitative estimate of drug-likeness (QED) is 0.590. The van der Waals surface area contributed by atoms with Gasteiger partial charge in [0.2, 0.25) is 0 Å². The van der Waals surface area contributed by atoms with Crippen LogP contribution in [0.25, 0.3) is 6.08 Å². The molecule has 18 heavy (non-hydrogen) atoms. The number of hydrogen-bond acceptors (Lipinski definition) is 2. The predicted octanol–water partition coefficient (Wildman–Crippen LogP) is 3.95. The fraction of sp³-hybridized carbons (Fsp3) is 0.312. The normalized spacial score (nSPS) is 17.2. The van der Waals surface area contributed by atoms with Gasteiger partial charge in [-0.2, -0.15) is 0 Å². The van der Waals surface area contributed by atoms with Crippen molar-refractivity contribution in [2.75, 3.05) is 0 Å². The van der Waals surface area contributed by atoms with Gasteiger partial charge in [0, 0.05) is 6.42 Å². The molecule has 0 aromatic heterocycles. The standard InChI is InChI=1S/C16H18O2/c1-12(2)8-9-15-11-14(16(17)18-15)10-13-6-4-3-5-7-13/h3-7,10-12H,8-9H2,1-2H3/b14-10+. The highest BCUT2D eigenvalue weighted by Crippen LogP contribution is 2.24. The minimum Gasteiger partial charge on any atom is -0.427 e. The average molecular weight is 242 g/mol. The Kier molecular flexibility index (Phi) is 3.98. The predicted molar refractivity (Wildman–Crippen MR) is 72.7 cm³/mol. The molecule has 1 aromatic rings. The molecule has 0 radical (unpaired) electrons. The molecule has 1 heterocycles. The number of allylic oxidation sites excluding steroid dienone is 1. The summed E-state index contributed by atoms with van der Waals surface area (Å²) in [6.07, 6.45) is 5.59. The molecule has 2 nitrogen and oxygen atoms in total. The maximum atomic E-state index is 11.7. The first-order valence-corrected chi connectivity index (χ1v) is 6.34. The van der Waals surface area contributed by atoms with Crippen LogP contribution in [-0.2, 0) is 9.53 Å². The first kappa shape index (κ1) is 12.6. The molecular formula is C16H18O2. The Balaban J connectivity index is 2.10. The number of ether oxygens (including phenoxy) is 1. The fourth-order valence-electron chi connectivity index (χ4n) is 1.82. The van der Waals surface area contributed by atoms with Gasteiger partial charge in [0.1, 0.15) is 5.76 Å². The van der Waals surface area contributed by atoms with Gasteiger partial charge in [0.15, 0.2) is 0 Å². The van der Waals surface area contributed by atoms with Crippen LogP contribution >= 0.6 is 0 Å². The molecule has 1 aliphatic rings. The van der Waals surface area contributed by atoms with Crippen molar-refractivity contribution in [2.24, 2.45) is 5.92 Å². The number of cyclic esters (lactones) is 1. The van der Waals surface area contributed by atoms with Crippen LogP contribution in [0.4, 0.5) is 0 Å². The third kappa shape index (κ3) is 3.33. The van der Waals surface area contributed by atoms with E-state index in [4.69, 9.17) is 4.74 Å². The molecule has 0 saturated carbocycles. The van der Waals surface area contributed by atoms with Gasteiger partial charge in [0.25, 0.3) is 0 Å². The topological polar surface area (TPSA) is 26.3 Å². The van der Waals surface area contributed by atoms with E-state index in [1.54, 1.807) is 0 Å². The lowest BCUT2D eigenvalue weighted by Gasteiger charge is -2.03. The first-order chi connectivity index (χ1) is 8.65. The summed E-state index contributed by atoms with van der Waals surface area (Å²) >= 11 is 0. The Labute approximate surface area is 108 Å². The lowest BCUT2D eigenvalue weighted by atomic mass is 10.1. The molecule has 0 amide bonds. The van der Waals surface area contributed by atoms with Crippen molar-refractivity contribution in [1.29, 1.82) is 0 Å². The van der Waals surface area contributed by atoms with Gasteiger partial charge in [-0.05, 0) is 30.1 Å². The minimum absolute atomic E-state index is 0.238. The molecule has 0 bridgehead atoms. The van der Waals surface area contributed by atoms with E-state index in [9.17, 15) is 4.79 Å². The number of carbonyl (C=O) groups excluding carboxylic acids is 1. The van der Waals surface area contributed by atoms with Gasteiger partial charge >= 0.3 is 5.97 Å². The summed E-state index contributed by atoms with van der Waals surface area (Å²) < 4.78 is 5.25. The Bertz CT molecular complexity index is 481. The van der Waals surface area contributed by atoms with Crippen molar-refractivity contribution in [1.82, 2.24) is 0 Å². The van der Waals surface area contributed by atoms with Crippen LogP contribution in [-0.4, -0.2) is 5.97 Å². The van der Waals surface area contributed by atoms with Crippen molar-refractivity contribution in [3.63, 3.8) is 0 Å². The second kappa shape index (κ2) is 5.67. The minimum atomic E-state index is -0.238. The van der Waals surface area contributed by atoms with Crippen LogP contribution in [0.5, 0.6) is 0 Å². The fourth-order valence-corrected chi connectivity index (χ4v) is 1.82. The van der Waals surface area contributed by atoms with Crippen molar-refractivity contribution in [3.05, 3.63) is 53.3 Å².